The van der Waals surface area contributed by atoms with Crippen molar-refractivity contribution >= 4 is 5.97 Å². The Morgan fingerprint density at radius 2 is 1.62 bits per heavy atom. The Balaban J connectivity index is 1.59. The van der Waals surface area contributed by atoms with Gasteiger partial charge in [-0.25, -0.2) is 0 Å². The second-order valence-corrected chi connectivity index (χ2v) is 14.7. The van der Waals surface area contributed by atoms with Gasteiger partial charge in [0.2, 0.25) is 0 Å². The molecule has 3 fully saturated rings. The van der Waals surface area contributed by atoms with E-state index in [9.17, 15) is 4.79 Å². The van der Waals surface area contributed by atoms with Crippen LogP contribution < -0.4 is 0 Å². The highest BCUT2D eigenvalue weighted by Crippen LogP contribution is 2.73. The minimum absolute atomic E-state index is 0.0212. The van der Waals surface area contributed by atoms with Crippen molar-refractivity contribution in [3.05, 3.63) is 11.6 Å². The topological polar surface area (TPSA) is 26.3 Å². The van der Waals surface area contributed by atoms with Crippen molar-refractivity contribution in [2.75, 3.05) is 0 Å². The molecule has 0 aromatic rings. The molecule has 4 aliphatic carbocycles. The van der Waals surface area contributed by atoms with Crippen LogP contribution in [0, 0.1) is 51.2 Å². The van der Waals surface area contributed by atoms with Crippen molar-refractivity contribution in [3.63, 3.8) is 0 Å². The lowest BCUT2D eigenvalue weighted by molar-refractivity contribution is -0.159. The van der Waals surface area contributed by atoms with Gasteiger partial charge in [-0.1, -0.05) is 86.3 Å². The summed E-state index contributed by atoms with van der Waals surface area (Å²) < 4.78 is 5.85. The minimum Gasteiger partial charge on any atom is -0.462 e. The first-order valence-corrected chi connectivity index (χ1v) is 14.7. The van der Waals surface area contributed by atoms with E-state index in [1.807, 2.05) is 0 Å². The number of allylic oxidation sites excluding steroid dienone is 1. The zero-order valence-electron chi connectivity index (χ0n) is 23.9. The van der Waals surface area contributed by atoms with Gasteiger partial charge in [-0.3, -0.25) is 4.79 Å². The highest BCUT2D eigenvalue weighted by atomic mass is 16.5. The van der Waals surface area contributed by atoms with Crippen molar-refractivity contribution in [2.24, 2.45) is 51.2 Å². The van der Waals surface area contributed by atoms with Gasteiger partial charge < -0.3 is 4.74 Å². The molecule has 2 nitrogen and oxygen atoms in total. The molecular formula is C32H54O2. The molecule has 4 rings (SSSR count). The maximum Gasteiger partial charge on any atom is 0.302 e. The minimum atomic E-state index is -0.128. The lowest BCUT2D eigenvalue weighted by Crippen LogP contribution is -2.58. The molecule has 3 saturated carbocycles. The molecule has 0 aliphatic heterocycles. The zero-order chi connectivity index (χ0) is 25.1. The smallest absolute Gasteiger partial charge is 0.302 e. The third-order valence-corrected chi connectivity index (χ3v) is 12.2. The van der Waals surface area contributed by atoms with E-state index in [4.69, 9.17) is 4.74 Å². The summed E-state index contributed by atoms with van der Waals surface area (Å²) in [4.78, 5) is 11.8. The summed E-state index contributed by atoms with van der Waals surface area (Å²) in [5.41, 5.74) is 2.73. The standard InChI is InChI=1S/C32H54O2/c1-21(2)11-10-12-22(3)24-15-19-32(9)26-13-14-27-29(5,6)28(34-23(4)33)17-18-30(27,7)25(26)16-20-31(24,32)8/h14,21-22,24-26,28H,10-13,15-20H2,1-9H3/t22-,24-,25-,26+,28-,30+,31-,32+/m0/s1. The van der Waals surface area contributed by atoms with Crippen LogP contribution in [0.2, 0.25) is 0 Å². The number of esters is 1. The van der Waals surface area contributed by atoms with E-state index < -0.39 is 0 Å². The Kier molecular flexibility index (Phi) is 6.92. The molecule has 8 atom stereocenters. The molecule has 194 valence electrons. The van der Waals surface area contributed by atoms with E-state index in [1.165, 1.54) is 57.8 Å². The average Bonchev–Trinajstić information content (AvgIpc) is 3.01. The van der Waals surface area contributed by atoms with Gasteiger partial charge in [-0.05, 0) is 90.8 Å². The summed E-state index contributed by atoms with van der Waals surface area (Å²) >= 11 is 0. The molecule has 0 spiro atoms. The van der Waals surface area contributed by atoms with Gasteiger partial charge in [-0.15, -0.1) is 0 Å². The average molecular weight is 471 g/mol. The third kappa shape index (κ3) is 3.92. The summed E-state index contributed by atoms with van der Waals surface area (Å²) in [7, 11) is 0. The predicted octanol–water partition coefficient (Wildman–Crippen LogP) is 8.99. The van der Waals surface area contributed by atoms with E-state index in [0.717, 1.165) is 36.0 Å². The Hall–Kier alpha value is -0.790. The van der Waals surface area contributed by atoms with E-state index in [0.29, 0.717) is 10.8 Å². The molecule has 0 saturated heterocycles. The molecule has 4 aliphatic rings. The van der Waals surface area contributed by atoms with Gasteiger partial charge in [0.25, 0.3) is 0 Å². The number of carbonyl (C=O) groups excluding carboxylic acids is 1. The maximum absolute atomic E-state index is 11.8. The highest BCUT2D eigenvalue weighted by Gasteiger charge is 2.66. The lowest BCUT2D eigenvalue weighted by atomic mass is 9.40. The first kappa shape index (κ1) is 26.3. The van der Waals surface area contributed by atoms with Crippen LogP contribution in [0.4, 0.5) is 0 Å². The van der Waals surface area contributed by atoms with Crippen molar-refractivity contribution in [1.29, 1.82) is 0 Å². The van der Waals surface area contributed by atoms with Gasteiger partial charge in [0.15, 0.2) is 0 Å². The normalized spacial score (nSPS) is 44.0. The second-order valence-electron chi connectivity index (χ2n) is 14.7. The molecule has 0 aromatic heterocycles. The first-order chi connectivity index (χ1) is 15.8. The Labute approximate surface area is 211 Å². The van der Waals surface area contributed by atoms with Crippen molar-refractivity contribution in [1.82, 2.24) is 0 Å². The van der Waals surface area contributed by atoms with E-state index in [1.54, 1.807) is 12.5 Å². The van der Waals surface area contributed by atoms with Gasteiger partial charge >= 0.3 is 5.97 Å². The van der Waals surface area contributed by atoms with Gasteiger partial charge in [0.1, 0.15) is 6.10 Å². The first-order valence-electron chi connectivity index (χ1n) is 14.7. The molecule has 34 heavy (non-hydrogen) atoms. The van der Waals surface area contributed by atoms with Crippen LogP contribution in [0.15, 0.2) is 11.6 Å². The Morgan fingerprint density at radius 3 is 2.26 bits per heavy atom. The zero-order valence-corrected chi connectivity index (χ0v) is 23.9. The van der Waals surface area contributed by atoms with Gasteiger partial charge in [0, 0.05) is 12.3 Å². The lowest BCUT2D eigenvalue weighted by Gasteiger charge is -2.64. The molecule has 0 unspecified atom stereocenters. The van der Waals surface area contributed by atoms with Crippen LogP contribution in [0.5, 0.6) is 0 Å². The molecule has 0 amide bonds. The van der Waals surface area contributed by atoms with Crippen molar-refractivity contribution < 1.29 is 9.53 Å². The molecule has 0 aromatic carbocycles. The van der Waals surface area contributed by atoms with Crippen LogP contribution in [0.3, 0.4) is 0 Å². The van der Waals surface area contributed by atoms with E-state index in [2.05, 4.69) is 61.5 Å². The van der Waals surface area contributed by atoms with Crippen LogP contribution >= 0.6 is 0 Å². The van der Waals surface area contributed by atoms with E-state index in [-0.39, 0.29) is 22.9 Å². The molecule has 0 N–H and O–H groups in total. The quantitative estimate of drug-likeness (QED) is 0.286. The fourth-order valence-electron chi connectivity index (χ4n) is 10.2. The van der Waals surface area contributed by atoms with Crippen LogP contribution in [-0.4, -0.2) is 12.1 Å². The predicted molar refractivity (Wildman–Crippen MR) is 142 cm³/mol. The second kappa shape index (κ2) is 8.95. The number of fused-ring (bicyclic) bond motifs is 5. The summed E-state index contributed by atoms with van der Waals surface area (Å²) in [5, 5.41) is 0. The number of hydrogen-bond donors (Lipinski definition) is 0. The van der Waals surface area contributed by atoms with Crippen LogP contribution in [0.25, 0.3) is 0 Å². The summed E-state index contributed by atoms with van der Waals surface area (Å²) in [6.45, 7) is 21.5. The SMILES string of the molecule is CC(=O)O[C@H]1CC[C@@]2(C)C(=CC[C@@H]3[C@@H]2CC[C@@]2(C)[C@H]([C@@H](C)CCCC(C)C)CC[C@]32C)C1(C)C. The number of rotatable bonds is 6. The number of hydrogen-bond acceptors (Lipinski definition) is 2. The highest BCUT2D eigenvalue weighted by molar-refractivity contribution is 5.66. The van der Waals surface area contributed by atoms with Crippen molar-refractivity contribution in [3.8, 4) is 0 Å². The van der Waals surface area contributed by atoms with Crippen molar-refractivity contribution in [2.45, 2.75) is 133 Å². The fraction of sp³-hybridized carbons (Fsp3) is 0.906. The number of ether oxygens (including phenoxy) is 1. The van der Waals surface area contributed by atoms with E-state index >= 15 is 0 Å². The summed E-state index contributed by atoms with van der Waals surface area (Å²) in [5.74, 6) is 4.02. The maximum atomic E-state index is 11.8. The summed E-state index contributed by atoms with van der Waals surface area (Å²) in [6.07, 6.45) is 15.9. The van der Waals surface area contributed by atoms with Gasteiger partial charge in [-0.2, -0.15) is 0 Å². The largest absolute Gasteiger partial charge is 0.462 e. The molecule has 0 radical (unpaired) electrons. The van der Waals surface area contributed by atoms with Gasteiger partial charge in [0.05, 0.1) is 0 Å². The molecule has 2 heteroatoms. The summed E-state index contributed by atoms with van der Waals surface area (Å²) in [6, 6.07) is 0. The molecule has 0 bridgehead atoms. The third-order valence-electron chi connectivity index (χ3n) is 12.2. The van der Waals surface area contributed by atoms with Crippen LogP contribution in [0.1, 0.15) is 127 Å². The number of carbonyl (C=O) groups is 1. The Bertz CT molecular complexity index is 808. The fourth-order valence-corrected chi connectivity index (χ4v) is 10.2. The molecular weight excluding hydrogens is 416 g/mol. The molecule has 0 heterocycles. The van der Waals surface area contributed by atoms with Crippen LogP contribution in [-0.2, 0) is 9.53 Å². The monoisotopic (exact) mass is 470 g/mol. The Morgan fingerprint density at radius 1 is 0.941 bits per heavy atom.